The van der Waals surface area contributed by atoms with Crippen LogP contribution in [0.2, 0.25) is 0 Å². The van der Waals surface area contributed by atoms with Gasteiger partial charge in [0.15, 0.2) is 0 Å². The summed E-state index contributed by atoms with van der Waals surface area (Å²) >= 11 is 0. The summed E-state index contributed by atoms with van der Waals surface area (Å²) in [5, 5.41) is 8.90. The number of esters is 3. The number of fused-ring (bicyclic) bond motifs is 1. The minimum atomic E-state index is -0.720. The normalized spacial score (nSPS) is 28.9. The SMILES string of the molecule is C=C1C(=O)O[C@@H]2/C=C(/COO)CC/C=C(/COC(C)=O)C[C@@H](OC(=O)[C@H](C)CC)[C@@H]12. The van der Waals surface area contributed by atoms with Gasteiger partial charge in [0.25, 0.3) is 0 Å². The van der Waals surface area contributed by atoms with Crippen molar-refractivity contribution in [1.29, 1.82) is 0 Å². The van der Waals surface area contributed by atoms with Crippen LogP contribution in [0, 0.1) is 11.8 Å². The number of hydrogen-bond acceptors (Lipinski definition) is 8. The van der Waals surface area contributed by atoms with Gasteiger partial charge in [0.05, 0.1) is 11.8 Å². The van der Waals surface area contributed by atoms with E-state index in [0.717, 1.165) is 11.1 Å². The molecule has 2 aliphatic rings. The van der Waals surface area contributed by atoms with Crippen LogP contribution in [0.3, 0.4) is 0 Å². The smallest absolute Gasteiger partial charge is 0.334 e. The highest BCUT2D eigenvalue weighted by molar-refractivity contribution is 5.91. The molecule has 1 aliphatic heterocycles. The van der Waals surface area contributed by atoms with E-state index in [0.29, 0.717) is 19.3 Å². The van der Waals surface area contributed by atoms with Crippen LogP contribution in [0.4, 0.5) is 0 Å². The lowest BCUT2D eigenvalue weighted by Crippen LogP contribution is -2.35. The molecule has 0 aromatic carbocycles. The Morgan fingerprint density at radius 2 is 2.07 bits per heavy atom. The van der Waals surface area contributed by atoms with E-state index in [1.807, 2.05) is 13.0 Å². The summed E-state index contributed by atoms with van der Waals surface area (Å²) in [5.41, 5.74) is 1.71. The van der Waals surface area contributed by atoms with Crippen molar-refractivity contribution in [3.63, 3.8) is 0 Å². The van der Waals surface area contributed by atoms with Crippen molar-refractivity contribution in [1.82, 2.24) is 0 Å². The van der Waals surface area contributed by atoms with Gasteiger partial charge in [-0.1, -0.05) is 26.5 Å². The maximum atomic E-state index is 12.6. The minimum absolute atomic E-state index is 0.0440. The summed E-state index contributed by atoms with van der Waals surface area (Å²) < 4.78 is 16.4. The van der Waals surface area contributed by atoms with Gasteiger partial charge in [-0.2, -0.15) is 0 Å². The van der Waals surface area contributed by atoms with Gasteiger partial charge in [0.1, 0.15) is 25.4 Å². The molecule has 1 aliphatic carbocycles. The van der Waals surface area contributed by atoms with Gasteiger partial charge < -0.3 is 14.2 Å². The first-order valence-corrected chi connectivity index (χ1v) is 10.1. The molecule has 8 heteroatoms. The number of allylic oxidation sites excluding steroid dienone is 1. The topological polar surface area (TPSA) is 108 Å². The molecule has 0 amide bonds. The van der Waals surface area contributed by atoms with Crippen LogP contribution in [-0.2, 0) is 33.5 Å². The summed E-state index contributed by atoms with van der Waals surface area (Å²) in [6.45, 7) is 8.86. The van der Waals surface area contributed by atoms with E-state index < -0.39 is 30.1 Å². The van der Waals surface area contributed by atoms with Crippen LogP contribution in [0.5, 0.6) is 0 Å². The Hall–Kier alpha value is -2.45. The van der Waals surface area contributed by atoms with E-state index in [-0.39, 0.29) is 37.1 Å². The van der Waals surface area contributed by atoms with E-state index in [4.69, 9.17) is 19.5 Å². The Kier molecular flexibility index (Phi) is 8.80. The van der Waals surface area contributed by atoms with E-state index in [9.17, 15) is 14.4 Å². The van der Waals surface area contributed by atoms with Crippen LogP contribution in [-0.4, -0.2) is 48.6 Å². The average Bonchev–Trinajstić information content (AvgIpc) is 2.97. The lowest BCUT2D eigenvalue weighted by molar-refractivity contribution is -0.234. The Labute approximate surface area is 176 Å². The average molecular weight is 422 g/mol. The van der Waals surface area contributed by atoms with Crippen LogP contribution in [0.25, 0.3) is 0 Å². The maximum absolute atomic E-state index is 12.6. The van der Waals surface area contributed by atoms with Gasteiger partial charge in [-0.05, 0) is 36.5 Å². The third-order valence-corrected chi connectivity index (χ3v) is 5.42. The van der Waals surface area contributed by atoms with Gasteiger partial charge in [0, 0.05) is 18.9 Å². The predicted molar refractivity (Wildman–Crippen MR) is 107 cm³/mol. The van der Waals surface area contributed by atoms with Crippen molar-refractivity contribution in [3.05, 3.63) is 35.5 Å². The minimum Gasteiger partial charge on any atom is -0.461 e. The molecule has 0 bridgehead atoms. The van der Waals surface area contributed by atoms with Gasteiger partial charge in [-0.15, -0.1) is 0 Å². The second kappa shape index (κ2) is 11.1. The zero-order valence-electron chi connectivity index (χ0n) is 17.7. The first-order chi connectivity index (χ1) is 14.3. The fraction of sp³-hybridized carbons (Fsp3) is 0.591. The Morgan fingerprint density at radius 1 is 1.33 bits per heavy atom. The van der Waals surface area contributed by atoms with E-state index in [1.165, 1.54) is 6.92 Å². The molecule has 30 heavy (non-hydrogen) atoms. The number of ether oxygens (including phenoxy) is 3. The van der Waals surface area contributed by atoms with Crippen molar-refractivity contribution >= 4 is 17.9 Å². The van der Waals surface area contributed by atoms with Crippen molar-refractivity contribution < 1.29 is 38.7 Å². The number of carbonyl (C=O) groups is 3. The van der Waals surface area contributed by atoms with Crippen molar-refractivity contribution in [2.45, 2.75) is 58.7 Å². The monoisotopic (exact) mass is 422 g/mol. The van der Waals surface area contributed by atoms with Crippen LogP contribution in [0.1, 0.15) is 46.5 Å². The molecular weight excluding hydrogens is 392 g/mol. The molecule has 0 aromatic rings. The maximum Gasteiger partial charge on any atom is 0.334 e. The van der Waals surface area contributed by atoms with E-state index in [2.05, 4.69) is 11.5 Å². The van der Waals surface area contributed by atoms with Gasteiger partial charge in [0.2, 0.25) is 0 Å². The fourth-order valence-corrected chi connectivity index (χ4v) is 3.49. The number of hydrogen-bond donors (Lipinski definition) is 1. The Balaban J connectivity index is 2.41. The number of carbonyl (C=O) groups excluding carboxylic acids is 3. The standard InChI is InChI=1S/C22H30O8/c1-5-13(2)21(24)29-18-9-16(11-27-15(4)23)7-6-8-17(12-28-26)10-19-20(18)14(3)22(25)30-19/h7,10,13,18-20,26H,3,5-6,8-9,11-12H2,1-2,4H3/b16-7+,17-10+/t13-,18-,19-,20-/m1/s1. The molecule has 4 atom stereocenters. The van der Waals surface area contributed by atoms with E-state index >= 15 is 0 Å². The second-order valence-electron chi connectivity index (χ2n) is 7.69. The quantitative estimate of drug-likeness (QED) is 0.166. The molecule has 8 nitrogen and oxygen atoms in total. The molecule has 0 unspecified atom stereocenters. The zero-order valence-corrected chi connectivity index (χ0v) is 17.7. The zero-order chi connectivity index (χ0) is 22.3. The molecule has 1 N–H and O–H groups in total. The molecular formula is C22H30O8. The molecule has 166 valence electrons. The van der Waals surface area contributed by atoms with E-state index in [1.54, 1.807) is 13.0 Å². The molecule has 0 saturated carbocycles. The van der Waals surface area contributed by atoms with Crippen molar-refractivity contribution in [3.8, 4) is 0 Å². The lowest BCUT2D eigenvalue weighted by atomic mass is 9.85. The first kappa shape index (κ1) is 23.8. The molecule has 0 aromatic heterocycles. The highest BCUT2D eigenvalue weighted by Crippen LogP contribution is 2.36. The summed E-state index contributed by atoms with van der Waals surface area (Å²) in [5.74, 6) is -2.25. The summed E-state index contributed by atoms with van der Waals surface area (Å²) in [7, 11) is 0. The second-order valence-corrected chi connectivity index (χ2v) is 7.69. The third kappa shape index (κ3) is 6.27. The molecule has 1 fully saturated rings. The molecule has 2 rings (SSSR count). The van der Waals surface area contributed by atoms with Gasteiger partial charge in [-0.3, -0.25) is 14.8 Å². The third-order valence-electron chi connectivity index (χ3n) is 5.42. The van der Waals surface area contributed by atoms with Crippen molar-refractivity contribution in [2.75, 3.05) is 13.2 Å². The van der Waals surface area contributed by atoms with Crippen molar-refractivity contribution in [2.24, 2.45) is 11.8 Å². The number of rotatable bonds is 7. The lowest BCUT2D eigenvalue weighted by Gasteiger charge is -2.29. The highest BCUT2D eigenvalue weighted by Gasteiger charge is 2.45. The van der Waals surface area contributed by atoms with Gasteiger partial charge in [-0.25, -0.2) is 9.68 Å². The predicted octanol–water partition coefficient (Wildman–Crippen LogP) is 3.13. The fourth-order valence-electron chi connectivity index (χ4n) is 3.49. The highest BCUT2D eigenvalue weighted by atomic mass is 17.1. The Morgan fingerprint density at radius 3 is 2.70 bits per heavy atom. The first-order valence-electron chi connectivity index (χ1n) is 10.1. The van der Waals surface area contributed by atoms with Crippen LogP contribution in [0.15, 0.2) is 35.5 Å². The molecule has 1 saturated heterocycles. The Bertz CT molecular complexity index is 735. The summed E-state index contributed by atoms with van der Waals surface area (Å²) in [4.78, 5) is 40.4. The molecule has 1 heterocycles. The van der Waals surface area contributed by atoms with Crippen LogP contribution >= 0.6 is 0 Å². The summed E-state index contributed by atoms with van der Waals surface area (Å²) in [6, 6.07) is 0. The summed E-state index contributed by atoms with van der Waals surface area (Å²) in [6.07, 6.45) is 4.26. The van der Waals surface area contributed by atoms with Crippen LogP contribution < -0.4 is 0 Å². The molecule has 0 spiro atoms. The molecule has 0 radical (unpaired) electrons. The van der Waals surface area contributed by atoms with Gasteiger partial charge >= 0.3 is 17.9 Å². The largest absolute Gasteiger partial charge is 0.461 e.